The second-order valence-electron chi connectivity index (χ2n) is 6.15. The molecule has 0 bridgehead atoms. The Labute approximate surface area is 136 Å². The summed E-state index contributed by atoms with van der Waals surface area (Å²) in [5.74, 6) is 1.57. The molecule has 2 N–H and O–H groups in total. The lowest BCUT2D eigenvalue weighted by atomic mass is 10.0. The van der Waals surface area contributed by atoms with E-state index in [2.05, 4.69) is 15.9 Å². The van der Waals surface area contributed by atoms with Crippen LogP contribution in [0.15, 0.2) is 22.7 Å². The molecule has 0 radical (unpaired) electrons. The van der Waals surface area contributed by atoms with Gasteiger partial charge in [-0.1, -0.05) is 22.4 Å². The lowest BCUT2D eigenvalue weighted by molar-refractivity contribution is 0.0786. The average molecular weight is 365 g/mol. The fourth-order valence-electron chi connectivity index (χ4n) is 3.79. The number of thiophene rings is 1. The Balaban J connectivity index is 1.67. The van der Waals surface area contributed by atoms with E-state index in [0.29, 0.717) is 10.6 Å². The minimum absolute atomic E-state index is 0.124. The highest BCUT2D eigenvalue weighted by Crippen LogP contribution is 2.40. The number of benzene rings is 1. The molecule has 1 aromatic carbocycles. The summed E-state index contributed by atoms with van der Waals surface area (Å²) >= 11 is 4.98. The van der Waals surface area contributed by atoms with Crippen molar-refractivity contribution in [1.82, 2.24) is 4.90 Å². The van der Waals surface area contributed by atoms with Crippen LogP contribution >= 0.6 is 27.3 Å². The van der Waals surface area contributed by atoms with Gasteiger partial charge in [0.05, 0.1) is 5.69 Å². The van der Waals surface area contributed by atoms with Gasteiger partial charge in [0, 0.05) is 27.6 Å². The zero-order valence-corrected chi connectivity index (χ0v) is 14.0. The summed E-state index contributed by atoms with van der Waals surface area (Å²) in [6.07, 6.45) is 3.89. The van der Waals surface area contributed by atoms with Gasteiger partial charge in [0.15, 0.2) is 0 Å². The molecule has 2 heterocycles. The fourth-order valence-corrected chi connectivity index (χ4v) is 5.22. The molecule has 5 heteroatoms. The molecule has 2 fully saturated rings. The van der Waals surface area contributed by atoms with Crippen molar-refractivity contribution in [2.45, 2.75) is 19.3 Å². The maximum absolute atomic E-state index is 12.8. The number of nitrogens with zero attached hydrogens (tertiary/aromatic N) is 1. The van der Waals surface area contributed by atoms with Gasteiger partial charge in [-0.05, 0) is 42.9 Å². The first-order chi connectivity index (χ1) is 10.1. The number of halogens is 1. The average Bonchev–Trinajstić information content (AvgIpc) is 3.12. The van der Waals surface area contributed by atoms with Crippen LogP contribution in [0.25, 0.3) is 10.1 Å². The molecule has 1 aromatic heterocycles. The number of nitrogen functional groups attached to an aromatic ring is 1. The van der Waals surface area contributed by atoms with E-state index in [0.717, 1.165) is 39.5 Å². The largest absolute Gasteiger partial charge is 0.397 e. The molecule has 21 heavy (non-hydrogen) atoms. The van der Waals surface area contributed by atoms with Gasteiger partial charge >= 0.3 is 0 Å². The van der Waals surface area contributed by atoms with Crippen molar-refractivity contribution in [1.29, 1.82) is 0 Å². The number of amides is 1. The number of likely N-dealkylation sites (tertiary alicyclic amines) is 1. The first-order valence-electron chi connectivity index (χ1n) is 7.40. The molecular formula is C16H17BrN2OS. The van der Waals surface area contributed by atoms with E-state index in [1.54, 1.807) is 0 Å². The number of rotatable bonds is 1. The zero-order valence-electron chi connectivity index (χ0n) is 11.6. The molecular weight excluding hydrogens is 348 g/mol. The van der Waals surface area contributed by atoms with Crippen LogP contribution < -0.4 is 5.73 Å². The topological polar surface area (TPSA) is 46.3 Å². The van der Waals surface area contributed by atoms with E-state index in [1.165, 1.54) is 30.6 Å². The molecule has 1 saturated heterocycles. The molecule has 2 atom stereocenters. The minimum Gasteiger partial charge on any atom is -0.397 e. The monoisotopic (exact) mass is 364 g/mol. The van der Waals surface area contributed by atoms with Gasteiger partial charge in [0.2, 0.25) is 0 Å². The number of anilines is 1. The lowest BCUT2D eigenvalue weighted by Gasteiger charge is -2.16. The van der Waals surface area contributed by atoms with Crippen LogP contribution in [-0.4, -0.2) is 23.9 Å². The van der Waals surface area contributed by atoms with E-state index in [9.17, 15) is 4.79 Å². The SMILES string of the molecule is Nc1c(C(=O)N2CC3CCCC3C2)sc2ccc(Br)cc12. The van der Waals surface area contributed by atoms with Crippen molar-refractivity contribution in [3.63, 3.8) is 0 Å². The summed E-state index contributed by atoms with van der Waals surface area (Å²) < 4.78 is 2.08. The van der Waals surface area contributed by atoms with Crippen LogP contribution in [0.3, 0.4) is 0 Å². The van der Waals surface area contributed by atoms with Crippen LogP contribution in [0.5, 0.6) is 0 Å². The van der Waals surface area contributed by atoms with Gasteiger partial charge in [-0.2, -0.15) is 0 Å². The predicted molar refractivity (Wildman–Crippen MR) is 90.7 cm³/mol. The van der Waals surface area contributed by atoms with Crippen LogP contribution in [0.1, 0.15) is 28.9 Å². The van der Waals surface area contributed by atoms with Crippen LogP contribution in [0.2, 0.25) is 0 Å². The Morgan fingerprint density at radius 2 is 2.00 bits per heavy atom. The van der Waals surface area contributed by atoms with Gasteiger partial charge in [-0.25, -0.2) is 0 Å². The van der Waals surface area contributed by atoms with E-state index in [4.69, 9.17) is 5.73 Å². The maximum Gasteiger partial charge on any atom is 0.266 e. The van der Waals surface area contributed by atoms with Gasteiger partial charge in [0.1, 0.15) is 4.88 Å². The number of fused-ring (bicyclic) bond motifs is 2. The smallest absolute Gasteiger partial charge is 0.266 e. The number of nitrogens with two attached hydrogens (primary N) is 1. The first-order valence-corrected chi connectivity index (χ1v) is 9.01. The third-order valence-corrected chi connectivity index (χ3v) is 6.56. The quantitative estimate of drug-likeness (QED) is 0.827. The molecule has 2 aliphatic rings. The molecule has 110 valence electrons. The van der Waals surface area contributed by atoms with Crippen LogP contribution in [0.4, 0.5) is 5.69 Å². The second-order valence-corrected chi connectivity index (χ2v) is 8.11. The van der Waals surface area contributed by atoms with Gasteiger partial charge in [0.25, 0.3) is 5.91 Å². The number of carbonyl (C=O) groups excluding carboxylic acids is 1. The Morgan fingerprint density at radius 1 is 1.29 bits per heavy atom. The first kappa shape index (κ1) is 13.6. The van der Waals surface area contributed by atoms with Crippen LogP contribution in [-0.2, 0) is 0 Å². The van der Waals surface area contributed by atoms with Crippen molar-refractivity contribution in [2.75, 3.05) is 18.8 Å². The summed E-state index contributed by atoms with van der Waals surface area (Å²) in [6.45, 7) is 1.84. The molecule has 1 saturated carbocycles. The summed E-state index contributed by atoms with van der Waals surface area (Å²) in [5, 5.41) is 0.983. The number of carbonyl (C=O) groups is 1. The zero-order chi connectivity index (χ0) is 14.6. The Hall–Kier alpha value is -1.07. The fraction of sp³-hybridized carbons (Fsp3) is 0.438. The molecule has 1 aliphatic heterocycles. The highest BCUT2D eigenvalue weighted by molar-refractivity contribution is 9.10. The normalized spacial score (nSPS) is 24.7. The summed E-state index contributed by atoms with van der Waals surface area (Å²) in [7, 11) is 0. The Morgan fingerprint density at radius 3 is 2.71 bits per heavy atom. The van der Waals surface area contributed by atoms with Gasteiger partial charge < -0.3 is 10.6 Å². The van der Waals surface area contributed by atoms with E-state index >= 15 is 0 Å². The molecule has 0 spiro atoms. The molecule has 4 rings (SSSR count). The van der Waals surface area contributed by atoms with Gasteiger partial charge in [-0.15, -0.1) is 11.3 Å². The van der Waals surface area contributed by atoms with E-state index in [1.807, 2.05) is 23.1 Å². The van der Waals surface area contributed by atoms with Crippen molar-refractivity contribution < 1.29 is 4.79 Å². The Bertz CT molecular complexity index is 714. The molecule has 1 aliphatic carbocycles. The second kappa shape index (κ2) is 4.99. The highest BCUT2D eigenvalue weighted by Gasteiger charge is 2.39. The standard InChI is InChI=1S/C16H17BrN2OS/c17-11-4-5-13-12(6-11)14(18)15(21-13)16(20)19-7-9-2-1-3-10(9)8-19/h4-6,9-10H,1-3,7-8,18H2. The molecule has 1 amide bonds. The molecule has 3 nitrogen and oxygen atoms in total. The van der Waals surface area contributed by atoms with E-state index < -0.39 is 0 Å². The predicted octanol–water partition coefficient (Wildman–Crippen LogP) is 4.12. The summed E-state index contributed by atoms with van der Waals surface area (Å²) in [4.78, 5) is 15.5. The third-order valence-electron chi connectivity index (χ3n) is 4.90. The van der Waals surface area contributed by atoms with Crippen molar-refractivity contribution >= 4 is 48.9 Å². The summed E-state index contributed by atoms with van der Waals surface area (Å²) in [5.41, 5.74) is 6.87. The highest BCUT2D eigenvalue weighted by atomic mass is 79.9. The molecule has 2 unspecified atom stereocenters. The number of hydrogen-bond donors (Lipinski definition) is 1. The van der Waals surface area contributed by atoms with Crippen LogP contribution in [0, 0.1) is 11.8 Å². The van der Waals surface area contributed by atoms with Crippen molar-refractivity contribution in [3.05, 3.63) is 27.5 Å². The van der Waals surface area contributed by atoms with E-state index in [-0.39, 0.29) is 5.91 Å². The molecule has 2 aromatic rings. The Kier molecular flexibility index (Phi) is 3.23. The maximum atomic E-state index is 12.8. The van der Waals surface area contributed by atoms with Crippen molar-refractivity contribution in [3.8, 4) is 0 Å². The summed E-state index contributed by atoms with van der Waals surface area (Å²) in [6, 6.07) is 6.01. The third kappa shape index (κ3) is 2.18. The van der Waals surface area contributed by atoms with Crippen molar-refractivity contribution in [2.24, 2.45) is 11.8 Å². The minimum atomic E-state index is 0.124. The van der Waals surface area contributed by atoms with Gasteiger partial charge in [-0.3, -0.25) is 4.79 Å². The number of hydrogen-bond acceptors (Lipinski definition) is 3. The lowest BCUT2D eigenvalue weighted by Crippen LogP contribution is -2.29.